The van der Waals surface area contributed by atoms with Crippen LogP contribution < -0.4 is 24.8 Å². The Hall–Kier alpha value is -0.829. The van der Waals surface area contributed by atoms with Crippen LogP contribution in [0.15, 0.2) is 66.7 Å². The Labute approximate surface area is 200 Å². The van der Waals surface area contributed by atoms with Crippen molar-refractivity contribution >= 4 is 27.7 Å². The van der Waals surface area contributed by atoms with Crippen LogP contribution in [0.2, 0.25) is 13.1 Å². The number of halogens is 2. The van der Waals surface area contributed by atoms with Crippen molar-refractivity contribution in [3.05, 3.63) is 83.4 Å². The third-order valence-corrected chi connectivity index (χ3v) is 4.31. The summed E-state index contributed by atoms with van der Waals surface area (Å²) in [6.45, 7) is 13.3. The van der Waals surface area contributed by atoms with E-state index in [0.29, 0.717) is 5.92 Å². The minimum Gasteiger partial charge on any atom is -1.00 e. The molecule has 0 aliphatic heterocycles. The smallest absolute Gasteiger partial charge is 0.0308 e. The molecule has 0 amide bonds. The van der Waals surface area contributed by atoms with Crippen molar-refractivity contribution in [1.82, 2.24) is 0 Å². The predicted molar refractivity (Wildman–Crippen MR) is 120 cm³/mol. The number of aryl methyl sites for hydroxylation is 2. The van der Waals surface area contributed by atoms with Crippen molar-refractivity contribution in [3.63, 3.8) is 0 Å². The molecule has 0 fully saturated rings. The van der Waals surface area contributed by atoms with E-state index in [1.165, 1.54) is 38.2 Å². The molecule has 0 bridgehead atoms. The molecule has 0 N–H and O–H groups in total. The van der Waals surface area contributed by atoms with E-state index in [1.54, 1.807) is 0 Å². The van der Waals surface area contributed by atoms with E-state index < -0.39 is 0 Å². The van der Waals surface area contributed by atoms with E-state index in [-0.39, 0.29) is 31.0 Å². The fourth-order valence-electron chi connectivity index (χ4n) is 3.22. The molecule has 0 aromatic heterocycles. The van der Waals surface area contributed by atoms with Gasteiger partial charge in [-0.05, 0) is 5.92 Å². The van der Waals surface area contributed by atoms with Gasteiger partial charge in [-0.1, -0.05) is 45.4 Å². The van der Waals surface area contributed by atoms with Gasteiger partial charge in [-0.25, -0.2) is 0 Å². The van der Waals surface area contributed by atoms with Crippen LogP contribution in [0.4, 0.5) is 0 Å². The third-order valence-electron chi connectivity index (χ3n) is 4.31. The molecule has 154 valence electrons. The molecule has 0 spiro atoms. The summed E-state index contributed by atoms with van der Waals surface area (Å²) in [6.07, 6.45) is 0.120. The van der Waals surface area contributed by atoms with E-state index >= 15 is 0 Å². The number of rotatable bonds is 1. The third kappa shape index (κ3) is 8.82. The summed E-state index contributed by atoms with van der Waals surface area (Å²) in [5, 5.41) is 5.50. The molecule has 0 saturated carbocycles. The second-order valence-corrected chi connectivity index (χ2v) is 14.4. The van der Waals surface area contributed by atoms with E-state index in [2.05, 4.69) is 127 Å². The van der Waals surface area contributed by atoms with Gasteiger partial charge >= 0.3 is 38.5 Å². The maximum absolute atomic E-state index is 2.28. The zero-order valence-electron chi connectivity index (χ0n) is 18.2. The molecule has 4 aromatic carbocycles. The summed E-state index contributed by atoms with van der Waals surface area (Å²) in [4.78, 5) is 0. The summed E-state index contributed by atoms with van der Waals surface area (Å²) < 4.78 is 0. The van der Waals surface area contributed by atoms with Gasteiger partial charge in [-0.3, -0.25) is 0 Å². The predicted octanol–water partition coefficient (Wildman–Crippen LogP) is 1.65. The molecule has 0 aliphatic carbocycles. The molecular weight excluding hydrogens is 447 g/mol. The summed E-state index contributed by atoms with van der Waals surface area (Å²) in [6, 6.07) is 23.9. The van der Waals surface area contributed by atoms with Crippen LogP contribution in [-0.2, 0) is 19.2 Å². The first-order valence-corrected chi connectivity index (χ1v) is 14.4. The normalized spacial score (nSPS) is 9.69. The average molecular weight is 477 g/mol. The van der Waals surface area contributed by atoms with E-state index in [9.17, 15) is 0 Å². The first-order chi connectivity index (χ1) is 12.8. The molecule has 0 radical (unpaired) electrons. The molecule has 4 rings (SSSR count). The SMILES string of the molecule is C[Si](C)=[Ti+2].Cc1cc2c(C(C)C)cccc2[cH-]1.Cc1cc2ccccc2[cH-]1.[Cl-].[Cl-]. The number of benzene rings is 2. The molecule has 0 nitrogen and oxygen atoms in total. The largest absolute Gasteiger partial charge is 1.00 e. The zero-order chi connectivity index (χ0) is 20.0. The van der Waals surface area contributed by atoms with Crippen molar-refractivity contribution in [2.75, 3.05) is 0 Å². The Kier molecular flexibility index (Phi) is 13.1. The Morgan fingerprint density at radius 3 is 1.90 bits per heavy atom. The minimum atomic E-state index is 0. The van der Waals surface area contributed by atoms with Crippen molar-refractivity contribution in [2.24, 2.45) is 0 Å². The van der Waals surface area contributed by atoms with Crippen LogP contribution in [0.25, 0.3) is 21.5 Å². The van der Waals surface area contributed by atoms with Crippen LogP contribution in [-0.4, -0.2) is 6.19 Å². The molecule has 0 heterocycles. The van der Waals surface area contributed by atoms with Gasteiger partial charge in [-0.15, -0.1) is 75.1 Å². The maximum atomic E-state index is 2.28. The summed E-state index contributed by atoms with van der Waals surface area (Å²) in [7, 11) is 0. The zero-order valence-corrected chi connectivity index (χ0v) is 22.3. The van der Waals surface area contributed by atoms with Crippen molar-refractivity contribution in [1.29, 1.82) is 0 Å². The summed E-state index contributed by atoms with van der Waals surface area (Å²) >= 11 is 2.27. The van der Waals surface area contributed by atoms with Crippen LogP contribution in [0.1, 0.15) is 36.5 Å². The van der Waals surface area contributed by atoms with Gasteiger partial charge in [0.1, 0.15) is 0 Å². The molecule has 0 unspecified atom stereocenters. The number of fused-ring (bicyclic) bond motifs is 2. The molecule has 4 aromatic rings. The van der Waals surface area contributed by atoms with Crippen LogP contribution >= 0.6 is 0 Å². The van der Waals surface area contributed by atoms with Gasteiger partial charge in [0.2, 0.25) is 0 Å². The quantitative estimate of drug-likeness (QED) is 0.289. The van der Waals surface area contributed by atoms with E-state index in [4.69, 9.17) is 0 Å². The van der Waals surface area contributed by atoms with Crippen molar-refractivity contribution in [2.45, 2.75) is 46.7 Å². The van der Waals surface area contributed by atoms with Crippen LogP contribution in [0, 0.1) is 13.8 Å². The standard InChI is InChI=1S/C13H15.C10H9.C2H6Si.2ClH.Ti/c1-9(2)12-6-4-5-11-7-10(3)8-13(11)12;1-8-6-9-4-2-3-5-10(9)7-8;1-3-2;;;/h4-9H,1-3H3;2-7H,1H3;1-2H3;2*1H;/q2*-1;;;;+2/p-2. The second-order valence-electron chi connectivity index (χ2n) is 7.70. The molecule has 29 heavy (non-hydrogen) atoms. The summed E-state index contributed by atoms with van der Waals surface area (Å²) in [5.74, 6) is 0.616. The average Bonchev–Trinajstić information content (AvgIpc) is 3.14. The fraction of sp³-hybridized carbons (Fsp3) is 0.280. The fourth-order valence-corrected chi connectivity index (χ4v) is 3.22. The van der Waals surface area contributed by atoms with Gasteiger partial charge in [0.25, 0.3) is 0 Å². The number of hydrogen-bond acceptors (Lipinski definition) is 0. The Morgan fingerprint density at radius 1 is 0.793 bits per heavy atom. The number of hydrogen-bond donors (Lipinski definition) is 0. The molecular formula is C25H30Cl2SiTi-2. The monoisotopic (exact) mass is 476 g/mol. The van der Waals surface area contributed by atoms with Gasteiger partial charge < -0.3 is 24.8 Å². The summed E-state index contributed by atoms with van der Waals surface area (Å²) in [5.41, 5.74) is 4.18. The topological polar surface area (TPSA) is 0 Å². The van der Waals surface area contributed by atoms with Crippen molar-refractivity contribution in [3.8, 4) is 0 Å². The van der Waals surface area contributed by atoms with Gasteiger partial charge in [0, 0.05) is 0 Å². The minimum absolute atomic E-state index is 0. The maximum Gasteiger partial charge on any atom is -0.0308 e. The Balaban J connectivity index is 0.000000441. The molecule has 0 aliphatic rings. The molecule has 0 saturated heterocycles. The molecule has 0 atom stereocenters. The Bertz CT molecular complexity index is 991. The van der Waals surface area contributed by atoms with Gasteiger partial charge in [-0.2, -0.15) is 12.1 Å². The van der Waals surface area contributed by atoms with Crippen molar-refractivity contribution < 1.29 is 44.0 Å². The second kappa shape index (κ2) is 13.5. The van der Waals surface area contributed by atoms with Gasteiger partial charge in [0.05, 0.1) is 0 Å². The van der Waals surface area contributed by atoms with E-state index in [0.717, 1.165) is 0 Å². The first kappa shape index (κ1) is 28.2. The van der Waals surface area contributed by atoms with E-state index in [1.807, 2.05) is 0 Å². The molecule has 4 heteroatoms. The van der Waals surface area contributed by atoms with Crippen LogP contribution in [0.5, 0.6) is 0 Å². The van der Waals surface area contributed by atoms with Crippen LogP contribution in [0.3, 0.4) is 0 Å². The van der Waals surface area contributed by atoms with Gasteiger partial charge in [0.15, 0.2) is 0 Å². The Morgan fingerprint density at radius 2 is 1.31 bits per heavy atom. The first-order valence-electron chi connectivity index (χ1n) is 9.57.